The number of carbonyl (C=O) groups excluding carboxylic acids is 2. The van der Waals surface area contributed by atoms with E-state index < -0.39 is 13.2 Å². The Bertz CT molecular complexity index is 1150. The number of nitrogens with two attached hydrogens (primary N) is 1. The molecule has 2 amide bonds. The molecule has 1 aliphatic heterocycles. The number of nitrogens with one attached hydrogen (secondary N) is 3. The Labute approximate surface area is 251 Å². The predicted molar refractivity (Wildman–Crippen MR) is 165 cm³/mol. The van der Waals surface area contributed by atoms with Crippen molar-refractivity contribution in [2.24, 2.45) is 33.9 Å². The molecule has 0 aromatic heterocycles. The number of guanidine groups is 1. The fraction of sp³-hybridized carbons (Fsp3) is 0.710. The van der Waals surface area contributed by atoms with Gasteiger partial charge in [-0.2, -0.15) is 0 Å². The average molecular weight is 584 g/mol. The highest BCUT2D eigenvalue weighted by molar-refractivity contribution is 6.48. The summed E-state index contributed by atoms with van der Waals surface area (Å²) in [6, 6.07) is 6.64. The van der Waals surface area contributed by atoms with Crippen molar-refractivity contribution in [3.63, 3.8) is 0 Å². The number of amides is 2. The van der Waals surface area contributed by atoms with Gasteiger partial charge < -0.3 is 35.7 Å². The van der Waals surface area contributed by atoms with Crippen molar-refractivity contribution in [2.45, 2.75) is 96.8 Å². The summed E-state index contributed by atoms with van der Waals surface area (Å²) in [6.07, 6.45) is 4.06. The number of hydrogen-bond donors (Lipinski definition) is 4. The molecule has 10 nitrogen and oxygen atoms in total. The van der Waals surface area contributed by atoms with Crippen molar-refractivity contribution in [1.82, 2.24) is 16.0 Å². The van der Waals surface area contributed by atoms with Crippen LogP contribution in [-0.4, -0.2) is 69.3 Å². The fourth-order valence-corrected chi connectivity index (χ4v) is 7.18. The molecule has 232 valence electrons. The van der Waals surface area contributed by atoms with E-state index in [1.54, 1.807) is 14.2 Å². The van der Waals surface area contributed by atoms with Crippen molar-refractivity contribution in [2.75, 3.05) is 20.7 Å². The lowest BCUT2D eigenvalue weighted by Crippen LogP contribution is -2.65. The Balaban J connectivity index is 1.45. The Morgan fingerprint density at radius 3 is 2.64 bits per heavy atom. The maximum absolute atomic E-state index is 13.8. The lowest BCUT2D eigenvalue weighted by atomic mass is 9.43. The van der Waals surface area contributed by atoms with Gasteiger partial charge in [0.05, 0.1) is 31.2 Å². The summed E-state index contributed by atoms with van der Waals surface area (Å²) in [4.78, 5) is 30.8. The van der Waals surface area contributed by atoms with Crippen molar-refractivity contribution in [3.05, 3.63) is 29.8 Å². The van der Waals surface area contributed by atoms with Crippen LogP contribution in [0.2, 0.25) is 0 Å². The second kappa shape index (κ2) is 13.2. The average Bonchev–Trinajstić information content (AvgIpc) is 3.31. The quantitative estimate of drug-likeness (QED) is 0.121. The van der Waals surface area contributed by atoms with Crippen molar-refractivity contribution >= 4 is 24.9 Å². The number of methoxy groups -OCH3 is 1. The van der Waals surface area contributed by atoms with E-state index in [-0.39, 0.29) is 41.3 Å². The number of benzene rings is 1. The maximum Gasteiger partial charge on any atom is 0.481 e. The smallest absolute Gasteiger partial charge is 0.481 e. The van der Waals surface area contributed by atoms with Gasteiger partial charge in [-0.1, -0.05) is 39.8 Å². The van der Waals surface area contributed by atoms with Crippen LogP contribution >= 0.6 is 0 Å². The molecule has 4 fully saturated rings. The van der Waals surface area contributed by atoms with Crippen LogP contribution < -0.4 is 26.4 Å². The molecule has 5 rings (SSSR count). The molecule has 0 spiro atoms. The zero-order chi connectivity index (χ0) is 30.7. The highest BCUT2D eigenvalue weighted by Crippen LogP contribution is 2.65. The second-order valence-corrected chi connectivity index (χ2v) is 13.4. The number of nitrogens with zero attached hydrogens (tertiary/aromatic N) is 1. The molecule has 0 unspecified atom stereocenters. The monoisotopic (exact) mass is 583 g/mol. The van der Waals surface area contributed by atoms with Gasteiger partial charge in [0, 0.05) is 13.6 Å². The second-order valence-electron chi connectivity index (χ2n) is 13.4. The van der Waals surface area contributed by atoms with Crippen LogP contribution in [0, 0.1) is 23.2 Å². The van der Waals surface area contributed by atoms with E-state index in [9.17, 15) is 9.59 Å². The van der Waals surface area contributed by atoms with Crippen LogP contribution in [0.25, 0.3) is 0 Å². The third kappa shape index (κ3) is 7.05. The largest absolute Gasteiger partial charge is 0.497 e. The van der Waals surface area contributed by atoms with Gasteiger partial charge in [0.2, 0.25) is 11.8 Å². The van der Waals surface area contributed by atoms with Crippen LogP contribution in [0.3, 0.4) is 0 Å². The summed E-state index contributed by atoms with van der Waals surface area (Å²) in [5.41, 5.74) is 6.44. The minimum atomic E-state index is -0.731. The fourth-order valence-electron chi connectivity index (χ4n) is 7.18. The van der Waals surface area contributed by atoms with Crippen LogP contribution in [0.15, 0.2) is 29.3 Å². The highest BCUT2D eigenvalue weighted by atomic mass is 16.7. The third-order valence-corrected chi connectivity index (χ3v) is 9.72. The van der Waals surface area contributed by atoms with Crippen LogP contribution in [0.4, 0.5) is 0 Å². The third-order valence-electron chi connectivity index (χ3n) is 9.72. The first-order valence-electron chi connectivity index (χ1n) is 15.4. The normalized spacial score (nSPS) is 27.5. The van der Waals surface area contributed by atoms with Crippen LogP contribution in [-0.2, 0) is 25.3 Å². The number of carbonyl (C=O) groups is 2. The number of hydrogen-bond acceptors (Lipinski definition) is 6. The molecule has 2 bridgehead atoms. The summed E-state index contributed by atoms with van der Waals surface area (Å²) in [6.45, 7) is 11.6. The molecule has 1 heterocycles. The van der Waals surface area contributed by atoms with Crippen molar-refractivity contribution in [1.29, 1.82) is 0 Å². The van der Waals surface area contributed by atoms with E-state index in [2.05, 4.69) is 55.6 Å². The van der Waals surface area contributed by atoms with E-state index in [4.69, 9.17) is 19.8 Å². The van der Waals surface area contributed by atoms with Gasteiger partial charge in [-0.05, 0) is 79.9 Å². The molecule has 3 saturated carbocycles. The number of aliphatic imine (C=N–C) groups is 1. The van der Waals surface area contributed by atoms with Gasteiger partial charge >= 0.3 is 7.12 Å². The van der Waals surface area contributed by atoms with Gasteiger partial charge in [0.15, 0.2) is 5.96 Å². The van der Waals surface area contributed by atoms with Crippen molar-refractivity contribution < 1.29 is 23.6 Å². The first-order chi connectivity index (χ1) is 19.9. The van der Waals surface area contributed by atoms with Gasteiger partial charge in [-0.3, -0.25) is 14.6 Å². The molecule has 5 N–H and O–H groups in total. The Hall–Kier alpha value is -2.79. The minimum Gasteiger partial charge on any atom is -0.497 e. The van der Waals surface area contributed by atoms with E-state index in [0.29, 0.717) is 55.3 Å². The van der Waals surface area contributed by atoms with E-state index in [1.165, 1.54) is 6.42 Å². The molecular weight excluding hydrogens is 533 g/mol. The molecular formula is C31H50BN5O5. The highest BCUT2D eigenvalue weighted by Gasteiger charge is 2.68. The number of rotatable bonds is 13. The SMILES string of the molecule is CN=C(N)NCCC[C@H](NC(=O)Cc1cccc(OC)c1)C(=O)N[C@@H](CC(C)C)B1O[C@@H]2C[C@@H]3C[C@@H](C3(C)C)[C@]2(C)O1. The van der Waals surface area contributed by atoms with Crippen LogP contribution in [0.5, 0.6) is 5.75 Å². The lowest BCUT2D eigenvalue weighted by Gasteiger charge is -2.64. The van der Waals surface area contributed by atoms with Crippen LogP contribution in [0.1, 0.15) is 72.3 Å². The Morgan fingerprint density at radius 2 is 1.98 bits per heavy atom. The lowest BCUT2D eigenvalue weighted by molar-refractivity contribution is -0.199. The first-order valence-corrected chi connectivity index (χ1v) is 15.4. The molecule has 42 heavy (non-hydrogen) atoms. The molecule has 1 aromatic carbocycles. The molecule has 4 aliphatic rings. The zero-order valence-electron chi connectivity index (χ0n) is 26.4. The molecule has 1 saturated heterocycles. The van der Waals surface area contributed by atoms with E-state index >= 15 is 0 Å². The van der Waals surface area contributed by atoms with Gasteiger partial charge in [-0.15, -0.1) is 0 Å². The first kappa shape index (κ1) is 32.1. The van der Waals surface area contributed by atoms with E-state index in [1.807, 2.05) is 24.3 Å². The van der Waals surface area contributed by atoms with Gasteiger partial charge in [-0.25, -0.2) is 0 Å². The van der Waals surface area contributed by atoms with E-state index in [0.717, 1.165) is 12.0 Å². The maximum atomic E-state index is 13.8. The minimum absolute atomic E-state index is 0.0287. The summed E-state index contributed by atoms with van der Waals surface area (Å²) < 4.78 is 18.6. The van der Waals surface area contributed by atoms with Gasteiger partial charge in [0.25, 0.3) is 0 Å². The predicted octanol–water partition coefficient (Wildman–Crippen LogP) is 2.84. The van der Waals surface area contributed by atoms with Crippen molar-refractivity contribution in [3.8, 4) is 5.75 Å². The van der Waals surface area contributed by atoms with Gasteiger partial charge in [0.1, 0.15) is 11.8 Å². The number of ether oxygens (including phenoxy) is 1. The summed E-state index contributed by atoms with van der Waals surface area (Å²) >= 11 is 0. The molecule has 1 aromatic rings. The summed E-state index contributed by atoms with van der Waals surface area (Å²) in [7, 11) is 2.67. The topological polar surface area (TPSA) is 136 Å². The zero-order valence-corrected chi connectivity index (χ0v) is 26.4. The Morgan fingerprint density at radius 1 is 1.21 bits per heavy atom. The molecule has 11 heteroatoms. The standard InChI is InChI=1S/C31H50BN5O5/c1-19(2)14-26(32-41-25-18-21-17-24(30(21,3)4)31(25,5)42-32)37-28(39)23(12-9-13-35-29(33)34-6)36-27(38)16-20-10-8-11-22(15-20)40-7/h8,10-11,15,19,21,23-26H,9,12-14,16-18H2,1-7H3,(H,36,38)(H,37,39)(H3,33,34,35)/t21-,23-,24-,25+,26-,31-/m0/s1. The molecule has 0 radical (unpaired) electrons. The molecule has 6 atom stereocenters. The Kier molecular flexibility index (Phi) is 10.1. The molecule has 3 aliphatic carbocycles. The summed E-state index contributed by atoms with van der Waals surface area (Å²) in [5.74, 6) is 1.59. The summed E-state index contributed by atoms with van der Waals surface area (Å²) in [5, 5.41) is 9.22.